The number of amides is 2. The van der Waals surface area contributed by atoms with Crippen LogP contribution in [0.5, 0.6) is 0 Å². The Morgan fingerprint density at radius 1 is 1.25 bits per heavy atom. The maximum atomic E-state index is 12.2. The number of anilines is 2. The van der Waals surface area contributed by atoms with Crippen LogP contribution in [0.3, 0.4) is 0 Å². The van der Waals surface area contributed by atoms with E-state index in [9.17, 15) is 9.59 Å². The molecular weight excluding hydrogens is 306 g/mol. The van der Waals surface area contributed by atoms with Gasteiger partial charge in [-0.2, -0.15) is 0 Å². The fourth-order valence-electron chi connectivity index (χ4n) is 2.52. The third-order valence-electron chi connectivity index (χ3n) is 3.86. The summed E-state index contributed by atoms with van der Waals surface area (Å²) in [6.07, 6.45) is 0.968. The van der Waals surface area contributed by atoms with E-state index in [2.05, 4.69) is 16.0 Å². The summed E-state index contributed by atoms with van der Waals surface area (Å²) in [5, 5.41) is 8.96. The van der Waals surface area contributed by atoms with Gasteiger partial charge >= 0.3 is 0 Å². The number of hydrogen-bond donors (Lipinski definition) is 3. The summed E-state index contributed by atoms with van der Waals surface area (Å²) in [6, 6.07) is 5.05. The summed E-state index contributed by atoms with van der Waals surface area (Å²) in [7, 11) is 0. The van der Waals surface area contributed by atoms with Gasteiger partial charge in [0, 0.05) is 18.7 Å². The van der Waals surface area contributed by atoms with Gasteiger partial charge in [0.15, 0.2) is 0 Å². The van der Waals surface area contributed by atoms with E-state index in [1.807, 2.05) is 33.8 Å². The van der Waals surface area contributed by atoms with Crippen molar-refractivity contribution in [3.05, 3.63) is 23.8 Å². The van der Waals surface area contributed by atoms with Crippen molar-refractivity contribution in [1.29, 1.82) is 0 Å². The normalized spacial score (nSPS) is 16.6. The third-order valence-corrected chi connectivity index (χ3v) is 3.86. The lowest BCUT2D eigenvalue weighted by Crippen LogP contribution is -2.42. The van der Waals surface area contributed by atoms with Crippen molar-refractivity contribution in [3.63, 3.8) is 0 Å². The molecule has 0 aliphatic carbocycles. The number of benzene rings is 1. The Morgan fingerprint density at radius 3 is 2.67 bits per heavy atom. The molecule has 0 spiro atoms. The molecule has 0 aromatic heterocycles. The Kier molecular flexibility index (Phi) is 6.20. The Bertz CT molecular complexity index is 599. The average molecular weight is 333 g/mol. The number of carbonyl (C=O) groups is 2. The Hall–Kier alpha value is -2.08. The van der Waals surface area contributed by atoms with E-state index in [-0.39, 0.29) is 29.9 Å². The molecule has 1 aliphatic rings. The second-order valence-corrected chi connectivity index (χ2v) is 6.64. The van der Waals surface area contributed by atoms with E-state index in [1.165, 1.54) is 0 Å². The number of ether oxygens (including phenoxy) is 1. The number of fused-ring (bicyclic) bond motifs is 1. The van der Waals surface area contributed by atoms with Gasteiger partial charge in [-0.3, -0.25) is 9.59 Å². The first-order valence-corrected chi connectivity index (χ1v) is 8.49. The van der Waals surface area contributed by atoms with Crippen LogP contribution in [0.25, 0.3) is 0 Å². The molecule has 6 nitrogen and oxygen atoms in total. The van der Waals surface area contributed by atoms with Crippen LogP contribution in [-0.4, -0.2) is 37.1 Å². The summed E-state index contributed by atoms with van der Waals surface area (Å²) in [5.41, 5.74) is 2.02. The van der Waals surface area contributed by atoms with Crippen molar-refractivity contribution >= 4 is 23.2 Å². The van der Waals surface area contributed by atoms with Gasteiger partial charge in [0.05, 0.1) is 17.5 Å². The molecule has 2 amide bonds. The first-order chi connectivity index (χ1) is 11.4. The number of nitrogens with one attached hydrogen (secondary N) is 3. The number of hydrogen-bond acceptors (Lipinski definition) is 4. The second kappa shape index (κ2) is 8.15. The maximum Gasteiger partial charge on any atom is 0.251 e. The van der Waals surface area contributed by atoms with Crippen molar-refractivity contribution in [2.24, 2.45) is 5.92 Å². The fourth-order valence-corrected chi connectivity index (χ4v) is 2.52. The molecular formula is C18H27N3O3. The summed E-state index contributed by atoms with van der Waals surface area (Å²) >= 11 is 0. The molecule has 0 unspecified atom stereocenters. The molecule has 0 bridgehead atoms. The van der Waals surface area contributed by atoms with Gasteiger partial charge < -0.3 is 20.7 Å². The Labute approximate surface area is 143 Å². The van der Waals surface area contributed by atoms with Crippen LogP contribution < -0.4 is 16.0 Å². The standard InChI is InChI=1S/C18H27N3O3/c1-11(2)16-18(23)21-15-10-13(6-7-14(15)20-16)17(22)19-8-5-9-24-12(3)4/h6-7,10-12,16,20H,5,8-9H2,1-4H3,(H,19,22)(H,21,23)/t16-/m0/s1. The van der Waals surface area contributed by atoms with Crippen molar-refractivity contribution in [1.82, 2.24) is 5.32 Å². The van der Waals surface area contributed by atoms with E-state index < -0.39 is 0 Å². The molecule has 6 heteroatoms. The van der Waals surface area contributed by atoms with E-state index in [0.29, 0.717) is 24.4 Å². The van der Waals surface area contributed by atoms with Crippen molar-refractivity contribution in [3.8, 4) is 0 Å². The van der Waals surface area contributed by atoms with E-state index >= 15 is 0 Å². The highest BCUT2D eigenvalue weighted by Gasteiger charge is 2.28. The summed E-state index contributed by atoms with van der Waals surface area (Å²) in [6.45, 7) is 9.14. The smallest absolute Gasteiger partial charge is 0.251 e. The molecule has 132 valence electrons. The summed E-state index contributed by atoms with van der Waals surface area (Å²) < 4.78 is 5.44. The van der Waals surface area contributed by atoms with Crippen molar-refractivity contribution in [2.75, 3.05) is 23.8 Å². The van der Waals surface area contributed by atoms with Crippen LogP contribution in [0.2, 0.25) is 0 Å². The molecule has 0 saturated carbocycles. The first-order valence-electron chi connectivity index (χ1n) is 8.49. The predicted molar refractivity (Wildman–Crippen MR) is 95.4 cm³/mol. The topological polar surface area (TPSA) is 79.5 Å². The number of rotatable bonds is 7. The molecule has 2 rings (SSSR count). The minimum Gasteiger partial charge on any atom is -0.379 e. The SMILES string of the molecule is CC(C)OCCCNC(=O)c1ccc2c(c1)NC(=O)[C@H](C(C)C)N2. The molecule has 0 radical (unpaired) electrons. The zero-order valence-electron chi connectivity index (χ0n) is 14.8. The third kappa shape index (κ3) is 4.71. The van der Waals surface area contributed by atoms with Gasteiger partial charge in [0.25, 0.3) is 5.91 Å². The van der Waals surface area contributed by atoms with E-state index in [0.717, 1.165) is 12.1 Å². The summed E-state index contributed by atoms with van der Waals surface area (Å²) in [4.78, 5) is 24.3. The van der Waals surface area contributed by atoms with Crippen molar-refractivity contribution in [2.45, 2.75) is 46.3 Å². The van der Waals surface area contributed by atoms with Gasteiger partial charge in [0.2, 0.25) is 5.91 Å². The zero-order chi connectivity index (χ0) is 17.7. The van der Waals surface area contributed by atoms with E-state index in [1.54, 1.807) is 12.1 Å². The lowest BCUT2D eigenvalue weighted by Gasteiger charge is -2.29. The highest BCUT2D eigenvalue weighted by molar-refractivity contribution is 6.05. The molecule has 1 aromatic rings. The van der Waals surface area contributed by atoms with Crippen LogP contribution in [0, 0.1) is 5.92 Å². The van der Waals surface area contributed by atoms with Crippen LogP contribution in [0.4, 0.5) is 11.4 Å². The van der Waals surface area contributed by atoms with Crippen LogP contribution >= 0.6 is 0 Å². The van der Waals surface area contributed by atoms with Gasteiger partial charge in [-0.05, 0) is 44.4 Å². The molecule has 1 atom stereocenters. The van der Waals surface area contributed by atoms with Crippen molar-refractivity contribution < 1.29 is 14.3 Å². The monoisotopic (exact) mass is 333 g/mol. The summed E-state index contributed by atoms with van der Waals surface area (Å²) in [5.74, 6) is -0.0299. The first kappa shape index (κ1) is 18.3. The van der Waals surface area contributed by atoms with Gasteiger partial charge in [0.1, 0.15) is 6.04 Å². The lowest BCUT2D eigenvalue weighted by atomic mass is 9.99. The number of carbonyl (C=O) groups excluding carboxylic acids is 2. The molecule has 3 N–H and O–H groups in total. The zero-order valence-corrected chi connectivity index (χ0v) is 14.8. The predicted octanol–water partition coefficient (Wildman–Crippen LogP) is 2.62. The second-order valence-electron chi connectivity index (χ2n) is 6.64. The van der Waals surface area contributed by atoms with Gasteiger partial charge in [-0.25, -0.2) is 0 Å². The quantitative estimate of drug-likeness (QED) is 0.670. The van der Waals surface area contributed by atoms with Gasteiger partial charge in [-0.15, -0.1) is 0 Å². The highest BCUT2D eigenvalue weighted by atomic mass is 16.5. The molecule has 1 aliphatic heterocycles. The fraction of sp³-hybridized carbons (Fsp3) is 0.556. The Balaban J connectivity index is 1.93. The molecule has 0 fully saturated rings. The molecule has 24 heavy (non-hydrogen) atoms. The van der Waals surface area contributed by atoms with Gasteiger partial charge in [-0.1, -0.05) is 13.8 Å². The van der Waals surface area contributed by atoms with Crippen LogP contribution in [0.15, 0.2) is 18.2 Å². The minimum absolute atomic E-state index is 0.0686. The average Bonchev–Trinajstić information content (AvgIpc) is 2.52. The lowest BCUT2D eigenvalue weighted by molar-refractivity contribution is -0.117. The minimum atomic E-state index is -0.252. The van der Waals surface area contributed by atoms with Crippen LogP contribution in [-0.2, 0) is 9.53 Å². The highest BCUT2D eigenvalue weighted by Crippen LogP contribution is 2.29. The van der Waals surface area contributed by atoms with E-state index in [4.69, 9.17) is 4.74 Å². The Morgan fingerprint density at radius 2 is 2.00 bits per heavy atom. The van der Waals surface area contributed by atoms with Crippen LogP contribution in [0.1, 0.15) is 44.5 Å². The molecule has 1 heterocycles. The maximum absolute atomic E-state index is 12.2. The largest absolute Gasteiger partial charge is 0.379 e. The molecule has 1 aromatic carbocycles. The molecule has 0 saturated heterocycles.